The Bertz CT molecular complexity index is 250. The number of unbranched alkanes of at least 4 members (excludes halogenated alkanes) is 11. The zero-order valence-electron chi connectivity index (χ0n) is 16.9. The fourth-order valence-electron chi connectivity index (χ4n) is 3.98. The smallest absolute Gasteiger partial charge is 0.214 e. The molecule has 1 saturated heterocycles. The van der Waals surface area contributed by atoms with Crippen molar-refractivity contribution in [3.8, 4) is 0 Å². The molecule has 0 saturated carbocycles. The fraction of sp³-hybridized carbons (Fsp3) is 1.00. The maximum atomic E-state index is 6.25. The lowest BCUT2D eigenvalue weighted by atomic mass is 10.0. The molecule has 1 atom stereocenters. The standard InChI is InChI=1S/C22H45OSi/c1-3-5-7-9-11-13-15-19-22(24-21-17-16-20-23-24)18-14-12-10-8-6-4-2/h22H,3-21H2,1-2H3. The molecule has 24 heavy (non-hydrogen) atoms. The van der Waals surface area contributed by atoms with Crippen LogP contribution in [0.25, 0.3) is 0 Å². The minimum absolute atomic E-state index is 0.484. The van der Waals surface area contributed by atoms with E-state index in [4.69, 9.17) is 4.43 Å². The molecule has 0 aromatic carbocycles. The monoisotopic (exact) mass is 353 g/mol. The van der Waals surface area contributed by atoms with E-state index in [1.54, 1.807) is 0 Å². The lowest BCUT2D eigenvalue weighted by Crippen LogP contribution is -2.29. The number of hydrogen-bond acceptors (Lipinski definition) is 1. The van der Waals surface area contributed by atoms with Gasteiger partial charge in [0.1, 0.15) is 0 Å². The van der Waals surface area contributed by atoms with E-state index in [9.17, 15) is 0 Å². The van der Waals surface area contributed by atoms with Gasteiger partial charge in [-0.05, 0) is 18.0 Å². The summed E-state index contributed by atoms with van der Waals surface area (Å²) in [5.74, 6) is 0. The van der Waals surface area contributed by atoms with Gasteiger partial charge in [-0.3, -0.25) is 0 Å². The molecule has 0 amide bonds. The fourth-order valence-corrected chi connectivity index (χ4v) is 6.83. The lowest BCUT2D eigenvalue weighted by Gasteiger charge is -2.28. The van der Waals surface area contributed by atoms with Crippen LogP contribution in [0.5, 0.6) is 0 Å². The second-order valence-corrected chi connectivity index (χ2v) is 10.5. The van der Waals surface area contributed by atoms with E-state index < -0.39 is 9.04 Å². The SMILES string of the molecule is CCCCCCCCCC(CCCCCCCC)[Si]1CCCCO1. The molecule has 1 aliphatic heterocycles. The Labute approximate surface area is 155 Å². The highest BCUT2D eigenvalue weighted by Gasteiger charge is 2.26. The molecule has 2 heteroatoms. The summed E-state index contributed by atoms with van der Waals surface area (Å²) in [7, 11) is -0.484. The maximum absolute atomic E-state index is 6.25. The Morgan fingerprint density at radius 1 is 0.667 bits per heavy atom. The third-order valence-electron chi connectivity index (χ3n) is 5.62. The first-order chi connectivity index (χ1) is 11.9. The molecule has 1 heterocycles. The zero-order valence-corrected chi connectivity index (χ0v) is 17.9. The predicted octanol–water partition coefficient (Wildman–Crippen LogP) is 8.05. The highest BCUT2D eigenvalue weighted by molar-refractivity contribution is 6.53. The third kappa shape index (κ3) is 11.7. The van der Waals surface area contributed by atoms with Gasteiger partial charge in [-0.2, -0.15) is 0 Å². The van der Waals surface area contributed by atoms with Gasteiger partial charge in [0, 0.05) is 6.61 Å². The molecule has 0 bridgehead atoms. The summed E-state index contributed by atoms with van der Waals surface area (Å²) in [6, 6.07) is 1.43. The Morgan fingerprint density at radius 3 is 1.62 bits per heavy atom. The first kappa shape index (κ1) is 22.2. The molecule has 143 valence electrons. The van der Waals surface area contributed by atoms with Crippen molar-refractivity contribution in [3.63, 3.8) is 0 Å². The summed E-state index contributed by atoms with van der Waals surface area (Å²) >= 11 is 0. The Morgan fingerprint density at radius 2 is 1.17 bits per heavy atom. The van der Waals surface area contributed by atoms with E-state index >= 15 is 0 Å². The molecule has 1 radical (unpaired) electrons. The van der Waals surface area contributed by atoms with Crippen LogP contribution in [0.15, 0.2) is 0 Å². The molecule has 0 spiro atoms. The average Bonchev–Trinajstić information content (AvgIpc) is 2.62. The lowest BCUT2D eigenvalue weighted by molar-refractivity contribution is 0.274. The molecular weight excluding hydrogens is 308 g/mol. The van der Waals surface area contributed by atoms with Gasteiger partial charge >= 0.3 is 0 Å². The third-order valence-corrected chi connectivity index (χ3v) is 8.53. The second-order valence-electron chi connectivity index (χ2n) is 7.94. The van der Waals surface area contributed by atoms with Crippen molar-refractivity contribution in [1.82, 2.24) is 0 Å². The highest BCUT2D eigenvalue weighted by atomic mass is 28.3. The summed E-state index contributed by atoms with van der Waals surface area (Å²) < 4.78 is 6.25. The quantitative estimate of drug-likeness (QED) is 0.201. The topological polar surface area (TPSA) is 9.23 Å². The first-order valence-electron chi connectivity index (χ1n) is 11.4. The summed E-state index contributed by atoms with van der Waals surface area (Å²) in [5, 5.41) is 0. The van der Waals surface area contributed by atoms with Crippen molar-refractivity contribution in [2.24, 2.45) is 0 Å². The van der Waals surface area contributed by atoms with Gasteiger partial charge in [0.15, 0.2) is 0 Å². The minimum Gasteiger partial charge on any atom is -0.416 e. The summed E-state index contributed by atoms with van der Waals surface area (Å²) in [6.45, 7) is 5.68. The van der Waals surface area contributed by atoms with E-state index in [0.717, 1.165) is 12.1 Å². The van der Waals surface area contributed by atoms with Crippen molar-refractivity contribution in [2.75, 3.05) is 6.61 Å². The molecule has 0 aliphatic carbocycles. The van der Waals surface area contributed by atoms with Gasteiger partial charge in [0.05, 0.1) is 0 Å². The maximum Gasteiger partial charge on any atom is 0.214 e. The van der Waals surface area contributed by atoms with Crippen molar-refractivity contribution < 1.29 is 4.43 Å². The van der Waals surface area contributed by atoms with E-state index in [0.29, 0.717) is 0 Å². The van der Waals surface area contributed by atoms with Crippen LogP contribution in [-0.4, -0.2) is 15.6 Å². The van der Waals surface area contributed by atoms with Crippen LogP contribution in [0.1, 0.15) is 123 Å². The van der Waals surface area contributed by atoms with Crippen LogP contribution in [-0.2, 0) is 4.43 Å². The zero-order chi connectivity index (χ0) is 17.3. The van der Waals surface area contributed by atoms with Crippen molar-refractivity contribution >= 4 is 9.04 Å². The van der Waals surface area contributed by atoms with Gasteiger partial charge < -0.3 is 4.43 Å². The molecular formula is C22H45OSi. The van der Waals surface area contributed by atoms with Gasteiger partial charge in [-0.1, -0.05) is 117 Å². The van der Waals surface area contributed by atoms with E-state index in [1.165, 1.54) is 115 Å². The van der Waals surface area contributed by atoms with E-state index in [2.05, 4.69) is 13.8 Å². The van der Waals surface area contributed by atoms with Crippen LogP contribution in [0.3, 0.4) is 0 Å². The summed E-state index contributed by atoms with van der Waals surface area (Å²) in [5.41, 5.74) is 0.956. The molecule has 0 aromatic heterocycles. The van der Waals surface area contributed by atoms with Crippen LogP contribution < -0.4 is 0 Å². The Balaban J connectivity index is 2.15. The van der Waals surface area contributed by atoms with Crippen LogP contribution in [0, 0.1) is 0 Å². The Hall–Kier alpha value is 0.177. The first-order valence-corrected chi connectivity index (χ1v) is 13.1. The van der Waals surface area contributed by atoms with Gasteiger partial charge in [0.2, 0.25) is 9.04 Å². The largest absolute Gasteiger partial charge is 0.416 e. The molecule has 0 aromatic rings. The molecule has 1 unspecified atom stereocenters. The molecule has 0 N–H and O–H groups in total. The molecule has 1 fully saturated rings. The van der Waals surface area contributed by atoms with Crippen LogP contribution >= 0.6 is 0 Å². The van der Waals surface area contributed by atoms with Crippen LogP contribution in [0.4, 0.5) is 0 Å². The summed E-state index contributed by atoms with van der Waals surface area (Å²) in [4.78, 5) is 0. The van der Waals surface area contributed by atoms with Gasteiger partial charge in [-0.25, -0.2) is 0 Å². The van der Waals surface area contributed by atoms with E-state index in [1.807, 2.05) is 0 Å². The second kappa shape index (κ2) is 16.6. The van der Waals surface area contributed by atoms with Crippen molar-refractivity contribution in [3.05, 3.63) is 0 Å². The normalized spacial score (nSPS) is 17.2. The van der Waals surface area contributed by atoms with Gasteiger partial charge in [-0.15, -0.1) is 0 Å². The molecule has 1 nitrogen and oxygen atoms in total. The van der Waals surface area contributed by atoms with Crippen LogP contribution in [0.2, 0.25) is 11.6 Å². The minimum atomic E-state index is -0.484. The molecule has 1 aliphatic rings. The van der Waals surface area contributed by atoms with Crippen molar-refractivity contribution in [1.29, 1.82) is 0 Å². The highest BCUT2D eigenvalue weighted by Crippen LogP contribution is 2.32. The average molecular weight is 354 g/mol. The summed E-state index contributed by atoms with van der Waals surface area (Å²) in [6.07, 6.45) is 24.4. The van der Waals surface area contributed by atoms with Gasteiger partial charge in [0.25, 0.3) is 0 Å². The number of rotatable bonds is 16. The van der Waals surface area contributed by atoms with Crippen molar-refractivity contribution in [2.45, 2.75) is 135 Å². The molecule has 1 rings (SSSR count). The number of hydrogen-bond donors (Lipinski definition) is 0. The predicted molar refractivity (Wildman–Crippen MR) is 110 cm³/mol. The van der Waals surface area contributed by atoms with E-state index in [-0.39, 0.29) is 0 Å². The Kier molecular flexibility index (Phi) is 15.4.